The van der Waals surface area contributed by atoms with Gasteiger partial charge in [0.25, 0.3) is 0 Å². The second kappa shape index (κ2) is 5.82. The summed E-state index contributed by atoms with van der Waals surface area (Å²) in [5.74, 6) is 0.968. The van der Waals surface area contributed by atoms with Crippen molar-refractivity contribution in [2.45, 2.75) is 19.4 Å². The number of rotatable bonds is 7. The fourth-order valence-electron chi connectivity index (χ4n) is 1.65. The summed E-state index contributed by atoms with van der Waals surface area (Å²) in [6.07, 6.45) is 6.29. The van der Waals surface area contributed by atoms with E-state index in [1.54, 1.807) is 11.1 Å². The SMILES string of the molecule is CN(CCn1cccn1)C(=O)CNCC1CC1. The topological polar surface area (TPSA) is 50.2 Å². The number of hydrogen-bond donors (Lipinski definition) is 1. The van der Waals surface area contributed by atoms with Crippen molar-refractivity contribution in [1.82, 2.24) is 20.0 Å². The van der Waals surface area contributed by atoms with Crippen molar-refractivity contribution in [3.05, 3.63) is 18.5 Å². The molecule has 0 saturated heterocycles. The van der Waals surface area contributed by atoms with E-state index >= 15 is 0 Å². The van der Waals surface area contributed by atoms with Crippen LogP contribution in [0.2, 0.25) is 0 Å². The molecule has 5 nitrogen and oxygen atoms in total. The summed E-state index contributed by atoms with van der Waals surface area (Å²) < 4.78 is 1.83. The van der Waals surface area contributed by atoms with Crippen LogP contribution in [0.15, 0.2) is 18.5 Å². The highest BCUT2D eigenvalue weighted by Gasteiger charge is 2.20. The number of likely N-dealkylation sites (N-methyl/N-ethyl adjacent to an activating group) is 1. The molecular formula is C12H20N4O. The summed E-state index contributed by atoms with van der Waals surface area (Å²) in [6.45, 7) is 2.88. The molecule has 1 amide bonds. The van der Waals surface area contributed by atoms with Crippen molar-refractivity contribution in [2.75, 3.05) is 26.7 Å². The van der Waals surface area contributed by atoms with Gasteiger partial charge in [-0.1, -0.05) is 0 Å². The van der Waals surface area contributed by atoms with Crippen LogP contribution in [0.5, 0.6) is 0 Å². The molecule has 1 aromatic rings. The second-order valence-electron chi connectivity index (χ2n) is 4.66. The molecule has 0 aromatic carbocycles. The Morgan fingerprint density at radius 3 is 3.06 bits per heavy atom. The van der Waals surface area contributed by atoms with Crippen molar-refractivity contribution in [2.24, 2.45) is 5.92 Å². The maximum atomic E-state index is 11.7. The lowest BCUT2D eigenvalue weighted by Crippen LogP contribution is -2.37. The molecule has 1 aliphatic rings. The molecule has 1 saturated carbocycles. The highest BCUT2D eigenvalue weighted by Crippen LogP contribution is 2.27. The zero-order chi connectivity index (χ0) is 12.1. The lowest BCUT2D eigenvalue weighted by Gasteiger charge is -2.17. The maximum Gasteiger partial charge on any atom is 0.236 e. The number of amides is 1. The van der Waals surface area contributed by atoms with Crippen molar-refractivity contribution in [1.29, 1.82) is 0 Å². The van der Waals surface area contributed by atoms with E-state index in [0.717, 1.165) is 19.0 Å². The Bertz CT molecular complexity index is 345. The predicted octanol–water partition coefficient (Wildman–Crippen LogP) is 0.341. The van der Waals surface area contributed by atoms with Gasteiger partial charge in [-0.15, -0.1) is 0 Å². The van der Waals surface area contributed by atoms with Gasteiger partial charge in [0.1, 0.15) is 0 Å². The minimum Gasteiger partial charge on any atom is -0.343 e. The molecular weight excluding hydrogens is 216 g/mol. The largest absolute Gasteiger partial charge is 0.343 e. The van der Waals surface area contributed by atoms with Crippen LogP contribution >= 0.6 is 0 Å². The van der Waals surface area contributed by atoms with Gasteiger partial charge in [0.05, 0.1) is 13.1 Å². The molecule has 94 valence electrons. The smallest absolute Gasteiger partial charge is 0.236 e. The van der Waals surface area contributed by atoms with Crippen LogP contribution < -0.4 is 5.32 Å². The molecule has 1 aromatic heterocycles. The van der Waals surface area contributed by atoms with Gasteiger partial charge >= 0.3 is 0 Å². The summed E-state index contributed by atoms with van der Waals surface area (Å²) in [5, 5.41) is 7.31. The van der Waals surface area contributed by atoms with Crippen LogP contribution in [-0.2, 0) is 11.3 Å². The quantitative estimate of drug-likeness (QED) is 0.743. The fourth-order valence-corrected chi connectivity index (χ4v) is 1.65. The first-order valence-electron chi connectivity index (χ1n) is 6.18. The summed E-state index contributed by atoms with van der Waals surface area (Å²) in [7, 11) is 1.84. The van der Waals surface area contributed by atoms with Gasteiger partial charge in [-0.2, -0.15) is 5.10 Å². The number of nitrogens with zero attached hydrogens (tertiary/aromatic N) is 3. The first kappa shape index (κ1) is 12.1. The zero-order valence-corrected chi connectivity index (χ0v) is 10.3. The van der Waals surface area contributed by atoms with E-state index in [0.29, 0.717) is 13.1 Å². The van der Waals surface area contributed by atoms with Gasteiger partial charge in [0.2, 0.25) is 5.91 Å². The van der Waals surface area contributed by atoms with Gasteiger partial charge < -0.3 is 10.2 Å². The molecule has 5 heteroatoms. The number of carbonyl (C=O) groups excluding carboxylic acids is 1. The Balaban J connectivity index is 1.60. The monoisotopic (exact) mass is 236 g/mol. The van der Waals surface area contributed by atoms with Crippen LogP contribution in [0.3, 0.4) is 0 Å². The predicted molar refractivity (Wildman–Crippen MR) is 65.5 cm³/mol. The van der Waals surface area contributed by atoms with E-state index in [4.69, 9.17) is 0 Å². The molecule has 1 fully saturated rings. The molecule has 0 atom stereocenters. The summed E-state index contributed by atoms with van der Waals surface area (Å²) in [5.41, 5.74) is 0. The van der Waals surface area contributed by atoms with E-state index in [9.17, 15) is 4.79 Å². The summed E-state index contributed by atoms with van der Waals surface area (Å²) >= 11 is 0. The van der Waals surface area contributed by atoms with Crippen molar-refractivity contribution >= 4 is 5.91 Å². The molecule has 0 unspecified atom stereocenters. The van der Waals surface area contributed by atoms with Gasteiger partial charge in [-0.25, -0.2) is 0 Å². The Kier molecular flexibility index (Phi) is 4.14. The lowest BCUT2D eigenvalue weighted by atomic mass is 10.4. The lowest BCUT2D eigenvalue weighted by molar-refractivity contribution is -0.129. The van der Waals surface area contributed by atoms with Crippen molar-refractivity contribution in [3.63, 3.8) is 0 Å². The van der Waals surface area contributed by atoms with Crippen LogP contribution in [0.4, 0.5) is 0 Å². The third-order valence-electron chi connectivity index (χ3n) is 3.06. The average molecular weight is 236 g/mol. The standard InChI is InChI=1S/C12H20N4O/c1-15(7-8-16-6-2-5-14-16)12(17)10-13-9-11-3-4-11/h2,5-6,11,13H,3-4,7-10H2,1H3. The average Bonchev–Trinajstić information content (AvgIpc) is 3.00. The van der Waals surface area contributed by atoms with Crippen LogP contribution in [0, 0.1) is 5.92 Å². The molecule has 0 spiro atoms. The molecule has 1 aliphatic carbocycles. The Hall–Kier alpha value is -1.36. The van der Waals surface area contributed by atoms with Gasteiger partial charge in [-0.05, 0) is 31.4 Å². The maximum absolute atomic E-state index is 11.7. The van der Waals surface area contributed by atoms with Crippen molar-refractivity contribution < 1.29 is 4.79 Å². The summed E-state index contributed by atoms with van der Waals surface area (Å²) in [6, 6.07) is 1.89. The van der Waals surface area contributed by atoms with E-state index < -0.39 is 0 Å². The number of aromatic nitrogens is 2. The van der Waals surface area contributed by atoms with Gasteiger partial charge in [-0.3, -0.25) is 9.48 Å². The Morgan fingerprint density at radius 1 is 1.59 bits per heavy atom. The van der Waals surface area contributed by atoms with Crippen LogP contribution in [0.25, 0.3) is 0 Å². The summed E-state index contributed by atoms with van der Waals surface area (Å²) in [4.78, 5) is 13.5. The molecule has 1 heterocycles. The molecule has 17 heavy (non-hydrogen) atoms. The second-order valence-corrected chi connectivity index (χ2v) is 4.66. The minimum absolute atomic E-state index is 0.151. The Morgan fingerprint density at radius 2 is 2.41 bits per heavy atom. The molecule has 0 bridgehead atoms. The van der Waals surface area contributed by atoms with E-state index in [2.05, 4.69) is 10.4 Å². The van der Waals surface area contributed by atoms with E-state index in [-0.39, 0.29) is 5.91 Å². The van der Waals surface area contributed by atoms with E-state index in [1.807, 2.05) is 24.0 Å². The number of carbonyl (C=O) groups is 1. The normalized spacial score (nSPS) is 14.9. The number of nitrogens with one attached hydrogen (secondary N) is 1. The minimum atomic E-state index is 0.151. The highest BCUT2D eigenvalue weighted by atomic mass is 16.2. The zero-order valence-electron chi connectivity index (χ0n) is 10.3. The number of hydrogen-bond acceptors (Lipinski definition) is 3. The van der Waals surface area contributed by atoms with Gasteiger partial charge in [0.15, 0.2) is 0 Å². The van der Waals surface area contributed by atoms with Crippen LogP contribution in [-0.4, -0.2) is 47.3 Å². The highest BCUT2D eigenvalue weighted by molar-refractivity contribution is 5.77. The molecule has 0 radical (unpaired) electrons. The third-order valence-corrected chi connectivity index (χ3v) is 3.06. The third kappa shape index (κ3) is 4.19. The van der Waals surface area contributed by atoms with Crippen molar-refractivity contribution in [3.8, 4) is 0 Å². The first-order valence-corrected chi connectivity index (χ1v) is 6.18. The first-order chi connectivity index (χ1) is 8.25. The molecule has 0 aliphatic heterocycles. The van der Waals surface area contributed by atoms with Gasteiger partial charge in [0, 0.05) is 26.0 Å². The molecule has 2 rings (SSSR count). The van der Waals surface area contributed by atoms with E-state index in [1.165, 1.54) is 12.8 Å². The fraction of sp³-hybridized carbons (Fsp3) is 0.667. The Labute approximate surface area is 102 Å². The molecule has 1 N–H and O–H groups in total. The van der Waals surface area contributed by atoms with Crippen LogP contribution in [0.1, 0.15) is 12.8 Å².